The number of benzene rings is 1. The minimum absolute atomic E-state index is 0.0335. The molecule has 1 unspecified atom stereocenters. The number of halogens is 4. The molecule has 0 amide bonds. The SMILES string of the molecule is CC(O)(CN1CCN(c2ccc(C(F)(F)F)cc2)CC1)Cn1cc([N+](=O)[O-])nc1Cl. The van der Waals surface area contributed by atoms with Gasteiger partial charge in [-0.15, -0.1) is 0 Å². The van der Waals surface area contributed by atoms with Gasteiger partial charge in [-0.1, -0.05) is 0 Å². The van der Waals surface area contributed by atoms with Crippen LogP contribution in [0.4, 0.5) is 24.7 Å². The molecule has 1 aromatic heterocycles. The summed E-state index contributed by atoms with van der Waals surface area (Å²) in [6.45, 7) is 4.35. The lowest BCUT2D eigenvalue weighted by molar-refractivity contribution is -0.389. The van der Waals surface area contributed by atoms with E-state index in [0.717, 1.165) is 12.1 Å². The van der Waals surface area contributed by atoms with Crippen molar-refractivity contribution in [2.24, 2.45) is 0 Å². The Labute approximate surface area is 175 Å². The van der Waals surface area contributed by atoms with E-state index in [0.29, 0.717) is 38.4 Å². The van der Waals surface area contributed by atoms with Crippen molar-refractivity contribution < 1.29 is 23.2 Å². The van der Waals surface area contributed by atoms with Crippen molar-refractivity contribution in [1.29, 1.82) is 0 Å². The fourth-order valence-electron chi connectivity index (χ4n) is 3.50. The first-order valence-corrected chi connectivity index (χ1v) is 9.56. The Kier molecular flexibility index (Phi) is 6.25. The summed E-state index contributed by atoms with van der Waals surface area (Å²) >= 11 is 5.91. The molecule has 12 heteroatoms. The molecule has 1 aliphatic heterocycles. The maximum Gasteiger partial charge on any atom is 0.416 e. The summed E-state index contributed by atoms with van der Waals surface area (Å²) in [5.74, 6) is -0.388. The van der Waals surface area contributed by atoms with Crippen LogP contribution in [0.2, 0.25) is 5.28 Å². The van der Waals surface area contributed by atoms with Gasteiger partial charge in [-0.2, -0.15) is 13.2 Å². The molecule has 1 fully saturated rings. The second kappa shape index (κ2) is 8.40. The summed E-state index contributed by atoms with van der Waals surface area (Å²) in [7, 11) is 0. The van der Waals surface area contributed by atoms with E-state index in [-0.39, 0.29) is 17.6 Å². The van der Waals surface area contributed by atoms with Gasteiger partial charge in [-0.3, -0.25) is 9.47 Å². The van der Waals surface area contributed by atoms with Crippen molar-refractivity contribution in [1.82, 2.24) is 14.5 Å². The number of imidazole rings is 1. The lowest BCUT2D eigenvalue weighted by Crippen LogP contribution is -2.52. The summed E-state index contributed by atoms with van der Waals surface area (Å²) in [5, 5.41) is 21.5. The highest BCUT2D eigenvalue weighted by Crippen LogP contribution is 2.30. The molecule has 3 rings (SSSR count). The lowest BCUT2D eigenvalue weighted by Gasteiger charge is -2.39. The average Bonchev–Trinajstić information content (AvgIpc) is 3.01. The Balaban J connectivity index is 1.55. The zero-order chi connectivity index (χ0) is 22.1. The largest absolute Gasteiger partial charge is 0.416 e. The van der Waals surface area contributed by atoms with Crippen molar-refractivity contribution >= 4 is 23.1 Å². The Hall–Kier alpha value is -2.37. The molecule has 0 aliphatic carbocycles. The molecule has 2 heterocycles. The fourth-order valence-corrected chi connectivity index (χ4v) is 3.70. The average molecular weight is 448 g/mol. The number of nitro groups is 1. The van der Waals surface area contributed by atoms with Crippen LogP contribution in [-0.2, 0) is 12.7 Å². The van der Waals surface area contributed by atoms with Gasteiger partial charge in [0.25, 0.3) is 0 Å². The number of hydrogen-bond donors (Lipinski definition) is 1. The molecule has 8 nitrogen and oxygen atoms in total. The molecule has 0 bridgehead atoms. The molecule has 164 valence electrons. The first kappa shape index (κ1) is 22.3. The van der Waals surface area contributed by atoms with Crippen LogP contribution in [0.3, 0.4) is 0 Å². The van der Waals surface area contributed by atoms with Gasteiger partial charge < -0.3 is 20.1 Å². The van der Waals surface area contributed by atoms with Gasteiger partial charge in [0.1, 0.15) is 6.20 Å². The molecule has 30 heavy (non-hydrogen) atoms. The Bertz CT molecular complexity index is 893. The third-order valence-corrected chi connectivity index (χ3v) is 5.21. The van der Waals surface area contributed by atoms with E-state index in [2.05, 4.69) is 4.98 Å². The summed E-state index contributed by atoms with van der Waals surface area (Å²) in [4.78, 5) is 17.8. The Morgan fingerprint density at radius 1 is 1.17 bits per heavy atom. The molecular formula is C18H21ClF3N5O3. The van der Waals surface area contributed by atoms with E-state index in [1.807, 2.05) is 9.80 Å². The number of aromatic nitrogens is 2. The van der Waals surface area contributed by atoms with Crippen LogP contribution in [0.15, 0.2) is 30.5 Å². The van der Waals surface area contributed by atoms with E-state index in [4.69, 9.17) is 11.6 Å². The van der Waals surface area contributed by atoms with Gasteiger partial charge in [0.05, 0.1) is 17.7 Å². The van der Waals surface area contributed by atoms with E-state index in [1.54, 1.807) is 6.92 Å². The minimum atomic E-state index is -4.36. The normalized spacial score (nSPS) is 17.7. The van der Waals surface area contributed by atoms with E-state index in [1.165, 1.54) is 22.9 Å². The van der Waals surface area contributed by atoms with Crippen LogP contribution in [0.25, 0.3) is 0 Å². The number of anilines is 1. The highest BCUT2D eigenvalue weighted by molar-refractivity contribution is 6.28. The molecule has 0 saturated carbocycles. The van der Waals surface area contributed by atoms with Crippen LogP contribution >= 0.6 is 11.6 Å². The maximum absolute atomic E-state index is 12.7. The van der Waals surface area contributed by atoms with Crippen LogP contribution in [0.5, 0.6) is 0 Å². The van der Waals surface area contributed by atoms with Crippen molar-refractivity contribution in [2.75, 3.05) is 37.6 Å². The third kappa shape index (κ3) is 5.41. The first-order chi connectivity index (χ1) is 13.9. The van der Waals surface area contributed by atoms with Crippen molar-refractivity contribution in [3.8, 4) is 0 Å². The molecular weight excluding hydrogens is 427 g/mol. The topological polar surface area (TPSA) is 87.7 Å². The van der Waals surface area contributed by atoms with Crippen molar-refractivity contribution in [3.05, 3.63) is 51.4 Å². The summed E-state index contributed by atoms with van der Waals surface area (Å²) in [5.41, 5.74) is -1.18. The molecule has 0 spiro atoms. The second-order valence-corrected chi connectivity index (χ2v) is 7.90. The fraction of sp³-hybridized carbons (Fsp3) is 0.500. The van der Waals surface area contributed by atoms with Crippen LogP contribution in [0, 0.1) is 10.1 Å². The molecule has 2 aromatic rings. The van der Waals surface area contributed by atoms with Gasteiger partial charge in [0.15, 0.2) is 0 Å². The Morgan fingerprint density at radius 2 is 1.77 bits per heavy atom. The molecule has 1 aliphatic rings. The zero-order valence-electron chi connectivity index (χ0n) is 16.1. The van der Waals surface area contributed by atoms with E-state index < -0.39 is 22.3 Å². The van der Waals surface area contributed by atoms with E-state index >= 15 is 0 Å². The van der Waals surface area contributed by atoms with Crippen LogP contribution in [0.1, 0.15) is 12.5 Å². The van der Waals surface area contributed by atoms with Gasteiger partial charge in [0.2, 0.25) is 0 Å². The highest BCUT2D eigenvalue weighted by atomic mass is 35.5. The second-order valence-electron chi connectivity index (χ2n) is 7.56. The Morgan fingerprint density at radius 3 is 2.27 bits per heavy atom. The van der Waals surface area contributed by atoms with Gasteiger partial charge in [-0.25, -0.2) is 0 Å². The van der Waals surface area contributed by atoms with Crippen LogP contribution in [-0.4, -0.2) is 62.8 Å². The van der Waals surface area contributed by atoms with Crippen molar-refractivity contribution in [2.45, 2.75) is 25.2 Å². The summed E-state index contributed by atoms with van der Waals surface area (Å²) < 4.78 is 39.4. The maximum atomic E-state index is 12.7. The van der Waals surface area contributed by atoms with Gasteiger partial charge in [-0.05, 0) is 52.7 Å². The lowest BCUT2D eigenvalue weighted by atomic mass is 10.1. The van der Waals surface area contributed by atoms with Crippen LogP contribution < -0.4 is 4.90 Å². The van der Waals surface area contributed by atoms with E-state index in [9.17, 15) is 28.4 Å². The number of rotatable bonds is 6. The number of β-amino-alcohol motifs (C(OH)–C–C–N with tert-alkyl or cyclic N) is 1. The predicted octanol–water partition coefficient (Wildman–Crippen LogP) is 3.04. The third-order valence-electron chi connectivity index (χ3n) is 4.91. The molecule has 1 aromatic carbocycles. The number of aliphatic hydroxyl groups is 1. The molecule has 0 radical (unpaired) electrons. The molecule has 1 atom stereocenters. The number of nitrogens with zero attached hydrogens (tertiary/aromatic N) is 5. The quantitative estimate of drug-likeness (QED) is 0.541. The minimum Gasteiger partial charge on any atom is -0.387 e. The van der Waals surface area contributed by atoms with Crippen molar-refractivity contribution in [3.63, 3.8) is 0 Å². The number of hydrogen-bond acceptors (Lipinski definition) is 6. The first-order valence-electron chi connectivity index (χ1n) is 9.19. The number of alkyl halides is 3. The predicted molar refractivity (Wildman–Crippen MR) is 105 cm³/mol. The summed E-state index contributed by atoms with van der Waals surface area (Å²) in [6, 6.07) is 5.06. The monoisotopic (exact) mass is 447 g/mol. The summed E-state index contributed by atoms with van der Waals surface area (Å²) in [6.07, 6.45) is -3.18. The smallest absolute Gasteiger partial charge is 0.387 e. The molecule has 1 saturated heterocycles. The zero-order valence-corrected chi connectivity index (χ0v) is 16.9. The number of piperazine rings is 1. The highest BCUT2D eigenvalue weighted by Gasteiger charge is 2.31. The standard InChI is InChI=1S/C18H21ClF3N5O3/c1-17(28,12-26-10-15(27(29)30)23-16(26)19)11-24-6-8-25(9-7-24)14-4-2-13(3-5-14)18(20,21)22/h2-5,10,28H,6-9,11-12H2,1H3. The van der Waals surface area contributed by atoms with Gasteiger partial charge >= 0.3 is 17.3 Å². The van der Waals surface area contributed by atoms with Gasteiger partial charge in [0, 0.05) is 38.4 Å². The molecule has 1 N–H and O–H groups in total.